The van der Waals surface area contributed by atoms with Crippen molar-refractivity contribution in [3.8, 4) is 0 Å². The third-order valence-corrected chi connectivity index (χ3v) is 4.28. The van der Waals surface area contributed by atoms with Gasteiger partial charge in [-0.1, -0.05) is 30.3 Å². The van der Waals surface area contributed by atoms with Gasteiger partial charge in [-0.15, -0.1) is 0 Å². The van der Waals surface area contributed by atoms with Gasteiger partial charge in [0.1, 0.15) is 17.8 Å². The zero-order valence-electron chi connectivity index (χ0n) is 13.6. The minimum absolute atomic E-state index is 0.150. The summed E-state index contributed by atoms with van der Waals surface area (Å²) in [6, 6.07) is 17.5. The minimum Gasteiger partial charge on any atom is -0.359 e. The molecule has 2 aromatic carbocycles. The molecule has 1 N–H and O–H groups in total. The Morgan fingerprint density at radius 1 is 1.08 bits per heavy atom. The van der Waals surface area contributed by atoms with Crippen LogP contribution in [0.15, 0.2) is 66.9 Å². The lowest BCUT2D eigenvalue weighted by molar-refractivity contribution is 0.0992. The number of aromatic nitrogens is 1. The molecule has 1 amide bonds. The van der Waals surface area contributed by atoms with Crippen molar-refractivity contribution in [3.63, 3.8) is 0 Å². The Bertz CT molecular complexity index is 957. The molecule has 0 aliphatic carbocycles. The molecular formula is C20H16FN3O. The second-order valence-corrected chi connectivity index (χ2v) is 5.98. The first-order valence-electron chi connectivity index (χ1n) is 8.01. The van der Waals surface area contributed by atoms with E-state index in [2.05, 4.69) is 10.3 Å². The standard InChI is InChI=1S/C20H16FN3O/c1-13-10-11-22-18(12-13)24-19(23-17-9-5-4-8-16(17)21)14-6-2-3-7-15(14)20(24)25/h2-12,19,23H,1H3/t19-/m1/s1. The predicted octanol–water partition coefficient (Wildman–Crippen LogP) is 4.30. The molecule has 1 atom stereocenters. The maximum Gasteiger partial charge on any atom is 0.261 e. The van der Waals surface area contributed by atoms with Crippen LogP contribution in [-0.4, -0.2) is 10.9 Å². The summed E-state index contributed by atoms with van der Waals surface area (Å²) in [5.74, 6) is 0.0223. The molecule has 0 fully saturated rings. The van der Waals surface area contributed by atoms with Gasteiger partial charge in [-0.25, -0.2) is 9.37 Å². The SMILES string of the molecule is Cc1ccnc(N2C(=O)c3ccccc3[C@@H]2Nc2ccccc2F)c1. The quantitative estimate of drug-likeness (QED) is 0.777. The minimum atomic E-state index is -0.519. The van der Waals surface area contributed by atoms with Gasteiger partial charge in [0.05, 0.1) is 5.69 Å². The Labute approximate surface area is 144 Å². The largest absolute Gasteiger partial charge is 0.359 e. The monoisotopic (exact) mass is 333 g/mol. The Balaban J connectivity index is 1.82. The highest BCUT2D eigenvalue weighted by Crippen LogP contribution is 2.37. The average Bonchev–Trinajstić information content (AvgIpc) is 2.90. The highest BCUT2D eigenvalue weighted by molar-refractivity contribution is 6.11. The van der Waals surface area contributed by atoms with Crippen LogP contribution < -0.4 is 10.2 Å². The van der Waals surface area contributed by atoms with Gasteiger partial charge in [0.2, 0.25) is 0 Å². The fraction of sp³-hybridized carbons (Fsp3) is 0.100. The fourth-order valence-corrected chi connectivity index (χ4v) is 3.07. The summed E-state index contributed by atoms with van der Waals surface area (Å²) >= 11 is 0. The summed E-state index contributed by atoms with van der Waals surface area (Å²) in [6.07, 6.45) is 1.15. The van der Waals surface area contributed by atoms with Gasteiger partial charge in [0.15, 0.2) is 0 Å². The molecule has 4 rings (SSSR count). The van der Waals surface area contributed by atoms with E-state index in [1.165, 1.54) is 6.07 Å². The molecule has 0 radical (unpaired) electrons. The van der Waals surface area contributed by atoms with E-state index in [1.54, 1.807) is 35.4 Å². The lowest BCUT2D eigenvalue weighted by atomic mass is 10.1. The molecule has 2 heterocycles. The zero-order valence-corrected chi connectivity index (χ0v) is 13.6. The van der Waals surface area contributed by atoms with Crippen LogP contribution in [0.1, 0.15) is 27.7 Å². The molecule has 1 aliphatic rings. The van der Waals surface area contributed by atoms with Crippen LogP contribution in [0.3, 0.4) is 0 Å². The van der Waals surface area contributed by atoms with Crippen LogP contribution in [0.5, 0.6) is 0 Å². The van der Waals surface area contributed by atoms with Gasteiger partial charge >= 0.3 is 0 Å². The Hall–Kier alpha value is -3.21. The van der Waals surface area contributed by atoms with Gasteiger partial charge < -0.3 is 5.32 Å². The number of carbonyl (C=O) groups excluding carboxylic acids is 1. The number of hydrogen-bond acceptors (Lipinski definition) is 3. The highest BCUT2D eigenvalue weighted by atomic mass is 19.1. The third-order valence-electron chi connectivity index (χ3n) is 4.28. The van der Waals surface area contributed by atoms with Crippen molar-refractivity contribution in [2.24, 2.45) is 0 Å². The Kier molecular flexibility index (Phi) is 3.69. The van der Waals surface area contributed by atoms with Crippen LogP contribution in [0, 0.1) is 12.7 Å². The fourth-order valence-electron chi connectivity index (χ4n) is 3.07. The van der Waals surface area contributed by atoms with Crippen molar-refractivity contribution in [3.05, 3.63) is 89.4 Å². The van der Waals surface area contributed by atoms with Gasteiger partial charge in [-0.05, 0) is 42.8 Å². The third kappa shape index (κ3) is 2.63. The van der Waals surface area contributed by atoms with Crippen LogP contribution >= 0.6 is 0 Å². The molecule has 124 valence electrons. The van der Waals surface area contributed by atoms with Gasteiger partial charge in [-0.3, -0.25) is 9.69 Å². The van der Waals surface area contributed by atoms with E-state index in [0.717, 1.165) is 11.1 Å². The molecule has 5 heteroatoms. The lowest BCUT2D eigenvalue weighted by Crippen LogP contribution is -2.33. The van der Waals surface area contributed by atoms with E-state index in [4.69, 9.17) is 0 Å². The number of carbonyl (C=O) groups is 1. The van der Waals surface area contributed by atoms with E-state index < -0.39 is 6.17 Å². The molecule has 1 aliphatic heterocycles. The number of benzene rings is 2. The summed E-state index contributed by atoms with van der Waals surface area (Å²) in [5.41, 5.74) is 2.74. The number of rotatable bonds is 3. The summed E-state index contributed by atoms with van der Waals surface area (Å²) in [5, 5.41) is 3.15. The average molecular weight is 333 g/mol. The number of pyridine rings is 1. The number of aryl methyl sites for hydroxylation is 1. The topological polar surface area (TPSA) is 45.2 Å². The van der Waals surface area contributed by atoms with Gasteiger partial charge in [0, 0.05) is 17.3 Å². The Morgan fingerprint density at radius 2 is 1.84 bits per heavy atom. The molecule has 0 spiro atoms. The molecule has 4 nitrogen and oxygen atoms in total. The molecule has 0 bridgehead atoms. The molecule has 3 aromatic rings. The van der Waals surface area contributed by atoms with Crippen molar-refractivity contribution >= 4 is 17.4 Å². The number of amides is 1. The molecule has 0 unspecified atom stereocenters. The second kappa shape index (κ2) is 6.02. The van der Waals surface area contributed by atoms with Crippen molar-refractivity contribution in [1.29, 1.82) is 0 Å². The lowest BCUT2D eigenvalue weighted by Gasteiger charge is -2.26. The molecule has 0 saturated carbocycles. The van der Waals surface area contributed by atoms with Crippen molar-refractivity contribution in [1.82, 2.24) is 4.98 Å². The maximum atomic E-state index is 14.1. The van der Waals surface area contributed by atoms with Crippen LogP contribution in [0.4, 0.5) is 15.9 Å². The molecule has 25 heavy (non-hydrogen) atoms. The molecule has 0 saturated heterocycles. The van der Waals surface area contributed by atoms with E-state index in [-0.39, 0.29) is 11.7 Å². The summed E-state index contributed by atoms with van der Waals surface area (Å²) in [7, 11) is 0. The number of para-hydroxylation sites is 1. The van der Waals surface area contributed by atoms with E-state index >= 15 is 0 Å². The summed E-state index contributed by atoms with van der Waals surface area (Å²) in [4.78, 5) is 18.9. The maximum absolute atomic E-state index is 14.1. The van der Waals surface area contributed by atoms with Crippen molar-refractivity contribution in [2.75, 3.05) is 10.2 Å². The zero-order chi connectivity index (χ0) is 17.4. The number of anilines is 2. The molecular weight excluding hydrogens is 317 g/mol. The van der Waals surface area contributed by atoms with Crippen LogP contribution in [-0.2, 0) is 0 Å². The van der Waals surface area contributed by atoms with E-state index in [9.17, 15) is 9.18 Å². The van der Waals surface area contributed by atoms with Crippen molar-refractivity contribution in [2.45, 2.75) is 13.1 Å². The highest BCUT2D eigenvalue weighted by Gasteiger charge is 2.38. The second-order valence-electron chi connectivity index (χ2n) is 5.98. The number of nitrogens with zero attached hydrogens (tertiary/aromatic N) is 2. The molecule has 1 aromatic heterocycles. The first-order chi connectivity index (χ1) is 12.1. The van der Waals surface area contributed by atoms with E-state index in [1.807, 2.05) is 37.3 Å². The van der Waals surface area contributed by atoms with Gasteiger partial charge in [0.25, 0.3) is 5.91 Å². The first kappa shape index (κ1) is 15.3. The number of nitrogens with one attached hydrogen (secondary N) is 1. The predicted molar refractivity (Wildman–Crippen MR) is 95.0 cm³/mol. The van der Waals surface area contributed by atoms with E-state index in [0.29, 0.717) is 17.1 Å². The number of fused-ring (bicyclic) bond motifs is 1. The van der Waals surface area contributed by atoms with Crippen LogP contribution in [0.25, 0.3) is 0 Å². The van der Waals surface area contributed by atoms with Gasteiger partial charge in [-0.2, -0.15) is 0 Å². The number of halogens is 1. The summed E-state index contributed by atoms with van der Waals surface area (Å²) in [6.45, 7) is 1.94. The van der Waals surface area contributed by atoms with Crippen molar-refractivity contribution < 1.29 is 9.18 Å². The summed E-state index contributed by atoms with van der Waals surface area (Å²) < 4.78 is 14.1. The number of hydrogen-bond donors (Lipinski definition) is 1. The smallest absolute Gasteiger partial charge is 0.261 e. The first-order valence-corrected chi connectivity index (χ1v) is 8.01. The normalized spacial score (nSPS) is 16.0. The van der Waals surface area contributed by atoms with Crippen LogP contribution in [0.2, 0.25) is 0 Å². The Morgan fingerprint density at radius 3 is 2.64 bits per heavy atom.